The van der Waals surface area contributed by atoms with Gasteiger partial charge in [0.05, 0.1) is 0 Å². The van der Waals surface area contributed by atoms with E-state index in [1.165, 1.54) is 18.5 Å². The fourth-order valence-corrected chi connectivity index (χ4v) is 3.04. The van der Waals surface area contributed by atoms with Crippen molar-refractivity contribution in [3.8, 4) is 0 Å². The van der Waals surface area contributed by atoms with Crippen LogP contribution in [0.2, 0.25) is 0 Å². The largest absolute Gasteiger partial charge is 0.390 e. The second-order valence-corrected chi connectivity index (χ2v) is 4.55. The van der Waals surface area contributed by atoms with E-state index in [0.29, 0.717) is 12.0 Å². The van der Waals surface area contributed by atoms with Gasteiger partial charge in [0.2, 0.25) is 0 Å². The van der Waals surface area contributed by atoms with Crippen molar-refractivity contribution in [2.45, 2.75) is 38.8 Å². The summed E-state index contributed by atoms with van der Waals surface area (Å²) in [6.45, 7) is 4.61. The van der Waals surface area contributed by atoms with Crippen molar-refractivity contribution < 1.29 is 0 Å². The molecule has 1 fully saturated rings. The number of rotatable bonds is 2. The van der Waals surface area contributed by atoms with E-state index in [4.69, 9.17) is 0 Å². The van der Waals surface area contributed by atoms with E-state index in [0.717, 1.165) is 6.04 Å². The predicted molar refractivity (Wildman–Crippen MR) is 55.5 cm³/mol. The van der Waals surface area contributed by atoms with Gasteiger partial charge in [0, 0.05) is 24.8 Å². The van der Waals surface area contributed by atoms with Crippen molar-refractivity contribution in [2.75, 3.05) is 14.1 Å². The van der Waals surface area contributed by atoms with Gasteiger partial charge in [-0.3, -0.25) is 4.90 Å². The van der Waals surface area contributed by atoms with E-state index < -0.39 is 0 Å². The molecule has 13 heavy (non-hydrogen) atoms. The lowest BCUT2D eigenvalue weighted by molar-refractivity contribution is 0.312. The normalized spacial score (nSPS) is 33.6. The van der Waals surface area contributed by atoms with Gasteiger partial charge in [-0.25, -0.2) is 0 Å². The molecular weight excluding hydrogens is 160 g/mol. The standard InChI is InChI=1S/C11H20N2/c1-7(2)10-8-5-6-9(13(8)4)11(10)12-3/h7-9,12H,5-6H2,1-4H3. The smallest absolute Gasteiger partial charge is 0.0498 e. The second-order valence-electron chi connectivity index (χ2n) is 4.55. The number of hydrogen-bond acceptors (Lipinski definition) is 2. The Labute approximate surface area is 81.0 Å². The zero-order valence-corrected chi connectivity index (χ0v) is 9.09. The van der Waals surface area contributed by atoms with Crippen LogP contribution in [0, 0.1) is 5.92 Å². The molecule has 2 rings (SSSR count). The fourth-order valence-electron chi connectivity index (χ4n) is 3.04. The summed E-state index contributed by atoms with van der Waals surface area (Å²) >= 11 is 0. The van der Waals surface area contributed by atoms with Gasteiger partial charge >= 0.3 is 0 Å². The Kier molecular flexibility index (Phi) is 2.11. The summed E-state index contributed by atoms with van der Waals surface area (Å²) in [5.41, 5.74) is 3.16. The lowest BCUT2D eigenvalue weighted by Gasteiger charge is -2.20. The Morgan fingerprint density at radius 1 is 1.31 bits per heavy atom. The molecule has 2 unspecified atom stereocenters. The predicted octanol–water partition coefficient (Wildman–Crippen LogP) is 1.59. The highest BCUT2D eigenvalue weighted by Gasteiger charge is 2.43. The molecule has 0 saturated carbocycles. The van der Waals surface area contributed by atoms with Gasteiger partial charge < -0.3 is 5.32 Å². The van der Waals surface area contributed by atoms with Crippen molar-refractivity contribution >= 4 is 0 Å². The van der Waals surface area contributed by atoms with E-state index in [-0.39, 0.29) is 0 Å². The molecule has 1 saturated heterocycles. The first-order chi connectivity index (χ1) is 6.16. The molecule has 1 N–H and O–H groups in total. The maximum Gasteiger partial charge on any atom is 0.0498 e. The van der Waals surface area contributed by atoms with E-state index >= 15 is 0 Å². The molecule has 0 aromatic heterocycles. The van der Waals surface area contributed by atoms with Crippen LogP contribution in [0.5, 0.6) is 0 Å². The van der Waals surface area contributed by atoms with Crippen molar-refractivity contribution in [1.82, 2.24) is 10.2 Å². The van der Waals surface area contributed by atoms with Crippen molar-refractivity contribution in [3.05, 3.63) is 11.3 Å². The van der Waals surface area contributed by atoms with Crippen LogP contribution in [0.15, 0.2) is 11.3 Å². The van der Waals surface area contributed by atoms with Crippen LogP contribution >= 0.6 is 0 Å². The molecule has 74 valence electrons. The molecule has 2 nitrogen and oxygen atoms in total. The van der Waals surface area contributed by atoms with Gasteiger partial charge in [0.1, 0.15) is 0 Å². The third kappa shape index (κ3) is 1.12. The van der Waals surface area contributed by atoms with Crippen molar-refractivity contribution in [2.24, 2.45) is 5.92 Å². The third-order valence-corrected chi connectivity index (χ3v) is 3.59. The number of nitrogens with one attached hydrogen (secondary N) is 1. The van der Waals surface area contributed by atoms with Gasteiger partial charge in [-0.1, -0.05) is 13.8 Å². The van der Waals surface area contributed by atoms with E-state index in [1.807, 2.05) is 0 Å². The highest BCUT2D eigenvalue weighted by Crippen LogP contribution is 2.42. The maximum atomic E-state index is 3.40. The van der Waals surface area contributed by atoms with E-state index in [9.17, 15) is 0 Å². The summed E-state index contributed by atoms with van der Waals surface area (Å²) in [6, 6.07) is 1.42. The average molecular weight is 180 g/mol. The molecule has 2 atom stereocenters. The van der Waals surface area contributed by atoms with Crippen LogP contribution in [0.4, 0.5) is 0 Å². The Hall–Kier alpha value is -0.500. The maximum absolute atomic E-state index is 3.40. The quantitative estimate of drug-likeness (QED) is 0.694. The Bertz CT molecular complexity index is 242. The zero-order chi connectivity index (χ0) is 9.59. The minimum Gasteiger partial charge on any atom is -0.390 e. The van der Waals surface area contributed by atoms with E-state index in [1.54, 1.807) is 5.57 Å². The molecule has 0 aromatic rings. The highest BCUT2D eigenvalue weighted by molar-refractivity contribution is 5.34. The second kappa shape index (κ2) is 3.02. The minimum absolute atomic E-state index is 0.687. The summed E-state index contributed by atoms with van der Waals surface area (Å²) in [4.78, 5) is 2.53. The minimum atomic E-state index is 0.687. The molecular formula is C11H20N2. The van der Waals surface area contributed by atoms with Crippen LogP contribution in [-0.2, 0) is 0 Å². The molecule has 2 aliphatic rings. The zero-order valence-electron chi connectivity index (χ0n) is 9.09. The molecule has 2 bridgehead atoms. The number of hydrogen-bond donors (Lipinski definition) is 1. The van der Waals surface area contributed by atoms with Crippen LogP contribution in [0.25, 0.3) is 0 Å². The lowest BCUT2D eigenvalue weighted by Crippen LogP contribution is -2.28. The molecule has 0 spiro atoms. The summed E-state index contributed by atoms with van der Waals surface area (Å²) in [7, 11) is 4.32. The summed E-state index contributed by atoms with van der Waals surface area (Å²) < 4.78 is 0. The Morgan fingerprint density at radius 2 is 1.92 bits per heavy atom. The van der Waals surface area contributed by atoms with Gasteiger partial charge in [0.15, 0.2) is 0 Å². The Morgan fingerprint density at radius 3 is 2.38 bits per heavy atom. The van der Waals surface area contributed by atoms with Gasteiger partial charge in [-0.15, -0.1) is 0 Å². The van der Waals surface area contributed by atoms with Gasteiger partial charge in [0.25, 0.3) is 0 Å². The highest BCUT2D eigenvalue weighted by atomic mass is 15.2. The van der Waals surface area contributed by atoms with Crippen molar-refractivity contribution in [1.29, 1.82) is 0 Å². The Balaban J connectivity index is 2.35. The van der Waals surface area contributed by atoms with Crippen LogP contribution in [0.1, 0.15) is 26.7 Å². The topological polar surface area (TPSA) is 15.3 Å². The molecule has 2 aliphatic heterocycles. The molecule has 0 amide bonds. The first-order valence-corrected chi connectivity index (χ1v) is 5.30. The summed E-state index contributed by atoms with van der Waals surface area (Å²) in [5, 5.41) is 3.40. The van der Waals surface area contributed by atoms with Crippen LogP contribution in [0.3, 0.4) is 0 Å². The monoisotopic (exact) mass is 180 g/mol. The van der Waals surface area contributed by atoms with Gasteiger partial charge in [-0.05, 0) is 31.4 Å². The molecule has 2 heterocycles. The molecule has 2 heteroatoms. The van der Waals surface area contributed by atoms with Crippen LogP contribution < -0.4 is 5.32 Å². The average Bonchev–Trinajstić information content (AvgIpc) is 2.58. The first kappa shape index (κ1) is 9.07. The third-order valence-electron chi connectivity index (χ3n) is 3.59. The van der Waals surface area contributed by atoms with Gasteiger partial charge in [-0.2, -0.15) is 0 Å². The number of nitrogens with zero attached hydrogens (tertiary/aromatic N) is 1. The molecule has 0 radical (unpaired) electrons. The molecule has 0 aliphatic carbocycles. The summed E-state index contributed by atoms with van der Waals surface area (Å²) in [6.07, 6.45) is 2.70. The SMILES string of the molecule is CNC1=C(C(C)C)C2CCC1N2C. The number of fused-ring (bicyclic) bond motifs is 2. The van der Waals surface area contributed by atoms with Crippen LogP contribution in [-0.4, -0.2) is 31.1 Å². The summed E-state index contributed by atoms with van der Waals surface area (Å²) in [5.74, 6) is 0.695. The first-order valence-electron chi connectivity index (χ1n) is 5.30. The van der Waals surface area contributed by atoms with E-state index in [2.05, 4.69) is 38.2 Å². The fraction of sp³-hybridized carbons (Fsp3) is 0.818. The molecule has 0 aromatic carbocycles. The van der Waals surface area contributed by atoms with Crippen molar-refractivity contribution in [3.63, 3.8) is 0 Å². The lowest BCUT2D eigenvalue weighted by atomic mass is 9.89. The number of likely N-dealkylation sites (N-methyl/N-ethyl adjacent to an activating group) is 2.